The van der Waals surface area contributed by atoms with Crippen LogP contribution in [0.1, 0.15) is 24.1 Å². The van der Waals surface area contributed by atoms with Crippen LogP contribution >= 0.6 is 11.3 Å². The van der Waals surface area contributed by atoms with Gasteiger partial charge in [0.2, 0.25) is 0 Å². The van der Waals surface area contributed by atoms with E-state index in [9.17, 15) is 10.2 Å². The number of thiazole rings is 1. The van der Waals surface area contributed by atoms with Crippen molar-refractivity contribution in [1.29, 1.82) is 0 Å². The number of aliphatic hydroxyl groups excluding tert-OH is 2. The Morgan fingerprint density at radius 2 is 2.29 bits per heavy atom. The predicted molar refractivity (Wildman–Crippen MR) is 65.7 cm³/mol. The molecule has 1 aliphatic carbocycles. The van der Waals surface area contributed by atoms with Gasteiger partial charge in [0, 0.05) is 36.0 Å². The molecule has 0 aromatic carbocycles. The Morgan fingerprint density at radius 3 is 2.94 bits per heavy atom. The molecule has 0 radical (unpaired) electrons. The highest BCUT2D eigenvalue weighted by molar-refractivity contribution is 7.09. The van der Waals surface area contributed by atoms with Crippen molar-refractivity contribution in [2.45, 2.75) is 38.0 Å². The first-order valence-electron chi connectivity index (χ1n) is 6.16. The Morgan fingerprint density at radius 1 is 1.47 bits per heavy atom. The molecule has 2 atom stereocenters. The van der Waals surface area contributed by atoms with Gasteiger partial charge in [0.1, 0.15) is 0 Å². The standard InChI is InChI=1S/C12H18N2O2S/c15-10-4-11(16)12(10)2-1-3-14(7-12)6-9-5-13-8-17-9/h5,8,10-11,15-16H,1-4,6-7H2. The number of piperidine rings is 1. The van der Waals surface area contributed by atoms with Crippen LogP contribution in [0.2, 0.25) is 0 Å². The van der Waals surface area contributed by atoms with Gasteiger partial charge in [0.25, 0.3) is 0 Å². The van der Waals surface area contributed by atoms with E-state index in [1.54, 1.807) is 11.3 Å². The second kappa shape index (κ2) is 4.31. The van der Waals surface area contributed by atoms with E-state index >= 15 is 0 Å². The fourth-order valence-corrected chi connectivity index (χ4v) is 3.80. The topological polar surface area (TPSA) is 56.6 Å². The summed E-state index contributed by atoms with van der Waals surface area (Å²) in [6.07, 6.45) is 3.83. The van der Waals surface area contributed by atoms with E-state index in [0.717, 1.165) is 32.5 Å². The molecule has 1 spiro atoms. The van der Waals surface area contributed by atoms with E-state index in [2.05, 4.69) is 9.88 Å². The summed E-state index contributed by atoms with van der Waals surface area (Å²) in [5.74, 6) is 0. The van der Waals surface area contributed by atoms with Gasteiger partial charge >= 0.3 is 0 Å². The molecule has 94 valence electrons. The lowest BCUT2D eigenvalue weighted by molar-refractivity contribution is -0.193. The quantitative estimate of drug-likeness (QED) is 0.821. The molecule has 2 unspecified atom stereocenters. The van der Waals surface area contributed by atoms with Crippen molar-refractivity contribution in [1.82, 2.24) is 9.88 Å². The minimum absolute atomic E-state index is 0.247. The number of likely N-dealkylation sites (tertiary alicyclic amines) is 1. The van der Waals surface area contributed by atoms with Crippen molar-refractivity contribution < 1.29 is 10.2 Å². The Hall–Kier alpha value is -0.490. The number of aromatic nitrogens is 1. The van der Waals surface area contributed by atoms with Crippen LogP contribution in [-0.2, 0) is 6.54 Å². The van der Waals surface area contributed by atoms with Gasteiger partial charge in [0.05, 0.1) is 17.7 Å². The SMILES string of the molecule is OC1CC(O)C12CCCN(Cc1cncs1)C2. The van der Waals surface area contributed by atoms with E-state index in [1.807, 2.05) is 11.7 Å². The Labute approximate surface area is 105 Å². The minimum atomic E-state index is -0.318. The molecule has 1 aromatic heterocycles. The van der Waals surface area contributed by atoms with Crippen LogP contribution in [0, 0.1) is 5.41 Å². The van der Waals surface area contributed by atoms with Crippen molar-refractivity contribution in [2.24, 2.45) is 5.41 Å². The number of rotatable bonds is 2. The van der Waals surface area contributed by atoms with Gasteiger partial charge in [-0.25, -0.2) is 0 Å². The molecule has 0 bridgehead atoms. The molecule has 0 amide bonds. The summed E-state index contributed by atoms with van der Waals surface area (Å²) in [6.45, 7) is 2.76. The average molecular weight is 254 g/mol. The van der Waals surface area contributed by atoms with Crippen molar-refractivity contribution in [3.63, 3.8) is 0 Å². The molecule has 3 rings (SSSR count). The Bertz CT molecular complexity index is 374. The fraction of sp³-hybridized carbons (Fsp3) is 0.750. The van der Waals surface area contributed by atoms with Gasteiger partial charge in [-0.05, 0) is 19.4 Å². The van der Waals surface area contributed by atoms with Crippen LogP contribution in [0.5, 0.6) is 0 Å². The zero-order valence-electron chi connectivity index (χ0n) is 9.75. The van der Waals surface area contributed by atoms with Crippen LogP contribution in [0.15, 0.2) is 11.7 Å². The highest BCUT2D eigenvalue weighted by Crippen LogP contribution is 2.48. The van der Waals surface area contributed by atoms with E-state index < -0.39 is 0 Å². The van der Waals surface area contributed by atoms with E-state index in [1.165, 1.54) is 4.88 Å². The molecule has 2 aliphatic rings. The van der Waals surface area contributed by atoms with Crippen LogP contribution in [0.3, 0.4) is 0 Å². The highest BCUT2D eigenvalue weighted by Gasteiger charge is 2.55. The average Bonchev–Trinajstić information content (AvgIpc) is 2.83. The first kappa shape index (κ1) is 11.6. The van der Waals surface area contributed by atoms with Crippen LogP contribution in [-0.4, -0.2) is 45.4 Å². The molecule has 2 fully saturated rings. The van der Waals surface area contributed by atoms with Gasteiger partial charge in [-0.1, -0.05) is 0 Å². The summed E-state index contributed by atoms with van der Waals surface area (Å²) in [7, 11) is 0. The van der Waals surface area contributed by atoms with Gasteiger partial charge in [-0.15, -0.1) is 11.3 Å². The van der Waals surface area contributed by atoms with E-state index in [4.69, 9.17) is 0 Å². The van der Waals surface area contributed by atoms with Crippen molar-refractivity contribution in [3.8, 4) is 0 Å². The zero-order chi connectivity index (χ0) is 11.9. The summed E-state index contributed by atoms with van der Waals surface area (Å²) in [6, 6.07) is 0. The van der Waals surface area contributed by atoms with Gasteiger partial charge in [-0.3, -0.25) is 9.88 Å². The number of hydrogen-bond acceptors (Lipinski definition) is 5. The van der Waals surface area contributed by atoms with Crippen molar-refractivity contribution >= 4 is 11.3 Å². The number of aliphatic hydroxyl groups is 2. The second-order valence-electron chi connectivity index (χ2n) is 5.28. The maximum absolute atomic E-state index is 9.94. The Balaban J connectivity index is 1.68. The maximum Gasteiger partial charge on any atom is 0.0794 e. The molecular formula is C12H18N2O2S. The molecule has 5 heteroatoms. The van der Waals surface area contributed by atoms with Crippen LogP contribution in [0.4, 0.5) is 0 Å². The zero-order valence-corrected chi connectivity index (χ0v) is 10.6. The largest absolute Gasteiger partial charge is 0.392 e. The third kappa shape index (κ3) is 1.91. The molecule has 1 saturated carbocycles. The normalized spacial score (nSPS) is 38.2. The summed E-state index contributed by atoms with van der Waals surface area (Å²) in [4.78, 5) is 7.67. The molecule has 2 heterocycles. The first-order chi connectivity index (χ1) is 8.21. The third-order valence-electron chi connectivity index (χ3n) is 4.27. The fourth-order valence-electron chi connectivity index (χ4n) is 3.17. The first-order valence-corrected chi connectivity index (χ1v) is 7.04. The Kier molecular flexibility index (Phi) is 2.94. The minimum Gasteiger partial charge on any atom is -0.392 e. The van der Waals surface area contributed by atoms with Gasteiger partial charge < -0.3 is 10.2 Å². The number of hydrogen-bond donors (Lipinski definition) is 2. The maximum atomic E-state index is 9.94. The molecule has 4 nitrogen and oxygen atoms in total. The highest BCUT2D eigenvalue weighted by atomic mass is 32.1. The molecular weight excluding hydrogens is 236 g/mol. The second-order valence-corrected chi connectivity index (χ2v) is 6.25. The lowest BCUT2D eigenvalue weighted by Crippen LogP contribution is -2.64. The lowest BCUT2D eigenvalue weighted by Gasteiger charge is -2.55. The smallest absolute Gasteiger partial charge is 0.0794 e. The predicted octanol–water partition coefficient (Wildman–Crippen LogP) is 0.851. The van der Waals surface area contributed by atoms with Crippen LogP contribution < -0.4 is 0 Å². The molecule has 1 saturated heterocycles. The van der Waals surface area contributed by atoms with Crippen molar-refractivity contribution in [2.75, 3.05) is 13.1 Å². The summed E-state index contributed by atoms with van der Waals surface area (Å²) < 4.78 is 0. The van der Waals surface area contributed by atoms with Gasteiger partial charge in [-0.2, -0.15) is 0 Å². The summed E-state index contributed by atoms with van der Waals surface area (Å²) >= 11 is 1.67. The summed E-state index contributed by atoms with van der Waals surface area (Å²) in [5, 5.41) is 19.9. The van der Waals surface area contributed by atoms with E-state index in [-0.39, 0.29) is 17.6 Å². The molecule has 17 heavy (non-hydrogen) atoms. The summed E-state index contributed by atoms with van der Waals surface area (Å²) in [5.41, 5.74) is 1.60. The monoisotopic (exact) mass is 254 g/mol. The number of nitrogens with zero attached hydrogens (tertiary/aromatic N) is 2. The van der Waals surface area contributed by atoms with Crippen LogP contribution in [0.25, 0.3) is 0 Å². The van der Waals surface area contributed by atoms with Crippen molar-refractivity contribution in [3.05, 3.63) is 16.6 Å². The molecule has 1 aliphatic heterocycles. The van der Waals surface area contributed by atoms with E-state index in [0.29, 0.717) is 6.42 Å². The van der Waals surface area contributed by atoms with Gasteiger partial charge in [0.15, 0.2) is 0 Å². The third-order valence-corrected chi connectivity index (χ3v) is 5.04. The lowest BCUT2D eigenvalue weighted by atomic mass is 9.59. The molecule has 2 N–H and O–H groups in total. The molecule has 1 aromatic rings.